The molecule has 11 unspecified atom stereocenters. The minimum absolute atomic E-state index is 0.0257. The molecule has 270 valence electrons. The number of nitrogens with zero attached hydrogens (tertiary/aromatic N) is 1. The Labute approximate surface area is 293 Å². The predicted octanol–water partition coefficient (Wildman–Crippen LogP) is 7.44. The smallest absolute Gasteiger partial charge is 0.331 e. The number of aliphatic hydroxyl groups is 2. The highest BCUT2D eigenvalue weighted by Crippen LogP contribution is 2.55. The molecule has 8 heteroatoms. The van der Waals surface area contributed by atoms with Crippen molar-refractivity contribution in [3.63, 3.8) is 0 Å². The molecule has 8 nitrogen and oxygen atoms in total. The molecule has 0 aromatic carbocycles. The predicted molar refractivity (Wildman–Crippen MR) is 189 cm³/mol. The van der Waals surface area contributed by atoms with Gasteiger partial charge in [0, 0.05) is 55.3 Å². The number of carbonyl (C=O) groups excluding carboxylic acids is 1. The fourth-order valence-electron chi connectivity index (χ4n) is 10.4. The molecule has 0 radical (unpaired) electrons. The summed E-state index contributed by atoms with van der Waals surface area (Å²) in [5.41, 5.74) is 6.65. The SMILES string of the molecule is C=C1CCCC2=NCC(C)C(C)CC23CCC(C2OC(=O)C=C2C)=C(C)C3C=C(C)C(O)CC2CCC3(CCC4(OC(CCC4O)C1)O3)O2. The number of carbonyl (C=O) groups is 1. The molecule has 6 heterocycles. The number of esters is 1. The molecule has 1 aliphatic carbocycles. The van der Waals surface area contributed by atoms with Crippen LogP contribution >= 0.6 is 0 Å². The van der Waals surface area contributed by atoms with E-state index in [1.54, 1.807) is 6.08 Å². The lowest BCUT2D eigenvalue weighted by atomic mass is 9.56. The number of aliphatic hydroxyl groups excluding tert-OH is 2. The van der Waals surface area contributed by atoms with Crippen LogP contribution in [0.2, 0.25) is 0 Å². The maximum Gasteiger partial charge on any atom is 0.331 e. The number of rotatable bonds is 1. The lowest BCUT2D eigenvalue weighted by molar-refractivity contribution is -0.363. The minimum Gasteiger partial charge on any atom is -0.450 e. The third kappa shape index (κ3) is 6.59. The van der Waals surface area contributed by atoms with E-state index < -0.39 is 23.8 Å². The van der Waals surface area contributed by atoms with Gasteiger partial charge in [0.15, 0.2) is 11.6 Å². The van der Waals surface area contributed by atoms with Gasteiger partial charge in [-0.2, -0.15) is 0 Å². The second-order valence-electron chi connectivity index (χ2n) is 16.9. The van der Waals surface area contributed by atoms with Crippen LogP contribution in [-0.4, -0.2) is 70.5 Å². The highest BCUT2D eigenvalue weighted by molar-refractivity contribution is 5.92. The fourth-order valence-corrected chi connectivity index (χ4v) is 10.4. The number of aliphatic imine (C=N–C) groups is 1. The average molecular weight is 678 g/mol. The van der Waals surface area contributed by atoms with Gasteiger partial charge in [-0.3, -0.25) is 4.99 Å². The van der Waals surface area contributed by atoms with Crippen LogP contribution in [0.4, 0.5) is 0 Å². The molecule has 0 amide bonds. The molecule has 0 aromatic rings. The largest absolute Gasteiger partial charge is 0.450 e. The first-order chi connectivity index (χ1) is 23.3. The van der Waals surface area contributed by atoms with Crippen LogP contribution in [0.3, 0.4) is 0 Å². The zero-order valence-electron chi connectivity index (χ0n) is 30.5. The van der Waals surface area contributed by atoms with E-state index in [4.69, 9.17) is 23.9 Å². The molecule has 0 saturated carbocycles. The summed E-state index contributed by atoms with van der Waals surface area (Å²) in [6.07, 6.45) is 13.1. The van der Waals surface area contributed by atoms with Crippen molar-refractivity contribution in [1.82, 2.24) is 0 Å². The molecular weight excluding hydrogens is 618 g/mol. The number of hydrogen-bond acceptors (Lipinski definition) is 8. The van der Waals surface area contributed by atoms with Gasteiger partial charge in [0.2, 0.25) is 0 Å². The molecule has 0 aromatic heterocycles. The van der Waals surface area contributed by atoms with Crippen molar-refractivity contribution >= 4 is 11.7 Å². The molecule has 3 fully saturated rings. The van der Waals surface area contributed by atoms with Crippen molar-refractivity contribution in [3.8, 4) is 0 Å². The van der Waals surface area contributed by atoms with Gasteiger partial charge in [0.05, 0.1) is 18.3 Å². The molecule has 3 saturated heterocycles. The van der Waals surface area contributed by atoms with Crippen LogP contribution in [0, 0.1) is 23.2 Å². The molecule has 7 rings (SSSR count). The van der Waals surface area contributed by atoms with Gasteiger partial charge < -0.3 is 29.2 Å². The van der Waals surface area contributed by atoms with E-state index in [1.165, 1.54) is 22.4 Å². The van der Waals surface area contributed by atoms with Gasteiger partial charge in [0.1, 0.15) is 12.2 Å². The van der Waals surface area contributed by atoms with E-state index in [-0.39, 0.29) is 35.6 Å². The van der Waals surface area contributed by atoms with E-state index in [0.717, 1.165) is 81.9 Å². The third-order valence-corrected chi connectivity index (χ3v) is 13.5. The van der Waals surface area contributed by atoms with E-state index >= 15 is 0 Å². The van der Waals surface area contributed by atoms with Crippen LogP contribution < -0.4 is 0 Å². The highest BCUT2D eigenvalue weighted by atomic mass is 16.8. The van der Waals surface area contributed by atoms with Gasteiger partial charge >= 0.3 is 5.97 Å². The summed E-state index contributed by atoms with van der Waals surface area (Å²) in [7, 11) is 0. The standard InChI is InChI=1S/C41H59NO7/c1-24-8-7-9-35-39(22-27(4)28(5)23-42-35)14-13-32(38-26(3)20-37(45)46-38)29(6)33(39)19-25(2)34(43)21-31-12-15-40(47-31)16-17-41(49-40)36(44)11-10-30(18-24)48-41/h19-20,27-28,30-31,33-34,36,38,43-44H,1,7-18,21-23H2,2-6H3. The topological polar surface area (TPSA) is 107 Å². The molecular formula is C41H59NO7. The molecule has 4 bridgehead atoms. The summed E-state index contributed by atoms with van der Waals surface area (Å²) >= 11 is 0. The number of fused-ring (bicyclic) bond motifs is 2. The number of cyclic esters (lactones) is 1. The fraction of sp³-hybridized carbons (Fsp3) is 0.756. The summed E-state index contributed by atoms with van der Waals surface area (Å²) in [5.74, 6) is -1.09. The lowest BCUT2D eigenvalue weighted by Gasteiger charge is -2.47. The summed E-state index contributed by atoms with van der Waals surface area (Å²) in [6, 6.07) is 0. The molecule has 2 N–H and O–H groups in total. The second-order valence-corrected chi connectivity index (χ2v) is 16.9. The molecule has 3 spiro atoms. The average Bonchev–Trinajstić information content (AvgIpc) is 3.70. The summed E-state index contributed by atoms with van der Waals surface area (Å²) in [6.45, 7) is 16.3. The second kappa shape index (κ2) is 13.5. The van der Waals surface area contributed by atoms with Crippen molar-refractivity contribution in [2.24, 2.45) is 28.2 Å². The van der Waals surface area contributed by atoms with E-state index in [9.17, 15) is 15.0 Å². The summed E-state index contributed by atoms with van der Waals surface area (Å²) in [4.78, 5) is 17.8. The van der Waals surface area contributed by atoms with Gasteiger partial charge in [-0.05, 0) is 114 Å². The quantitative estimate of drug-likeness (QED) is 0.220. The van der Waals surface area contributed by atoms with Crippen LogP contribution in [-0.2, 0) is 23.7 Å². The minimum atomic E-state index is -1.04. The summed E-state index contributed by atoms with van der Waals surface area (Å²) < 4.78 is 25.8. The van der Waals surface area contributed by atoms with Crippen molar-refractivity contribution in [2.45, 2.75) is 167 Å². The lowest BCUT2D eigenvalue weighted by Crippen LogP contribution is -2.52. The number of hydrogen-bond donors (Lipinski definition) is 2. The van der Waals surface area contributed by atoms with Crippen LogP contribution in [0.25, 0.3) is 0 Å². The Morgan fingerprint density at radius 1 is 0.918 bits per heavy atom. The van der Waals surface area contributed by atoms with Crippen molar-refractivity contribution in [3.05, 3.63) is 46.6 Å². The normalized spacial score (nSPS) is 45.2. The Morgan fingerprint density at radius 2 is 1.73 bits per heavy atom. The van der Waals surface area contributed by atoms with E-state index in [1.807, 2.05) is 6.92 Å². The Bertz CT molecular complexity index is 1460. The Balaban J connectivity index is 1.27. The van der Waals surface area contributed by atoms with Gasteiger partial charge in [0.25, 0.3) is 0 Å². The Hall–Kier alpha value is -2.10. The maximum atomic E-state index is 12.4. The number of allylic oxidation sites excluding steroid dienone is 2. The van der Waals surface area contributed by atoms with Crippen molar-refractivity contribution in [2.75, 3.05) is 6.54 Å². The van der Waals surface area contributed by atoms with Crippen LogP contribution in [0.15, 0.2) is 51.6 Å². The first-order valence-corrected chi connectivity index (χ1v) is 19.2. The zero-order chi connectivity index (χ0) is 34.7. The molecule has 6 aliphatic heterocycles. The first-order valence-electron chi connectivity index (χ1n) is 19.2. The van der Waals surface area contributed by atoms with Crippen molar-refractivity contribution < 1.29 is 34.0 Å². The monoisotopic (exact) mass is 677 g/mol. The van der Waals surface area contributed by atoms with Crippen LogP contribution in [0.1, 0.15) is 125 Å². The zero-order valence-corrected chi connectivity index (χ0v) is 30.5. The Morgan fingerprint density at radius 3 is 2.51 bits per heavy atom. The van der Waals surface area contributed by atoms with Gasteiger partial charge in [-0.15, -0.1) is 0 Å². The molecule has 49 heavy (non-hydrogen) atoms. The Kier molecular flexibility index (Phi) is 9.70. The van der Waals surface area contributed by atoms with Gasteiger partial charge in [-0.25, -0.2) is 4.79 Å². The maximum absolute atomic E-state index is 12.4. The third-order valence-electron chi connectivity index (χ3n) is 13.5. The van der Waals surface area contributed by atoms with Gasteiger partial charge in [-0.1, -0.05) is 37.6 Å². The first kappa shape index (κ1) is 35.3. The summed E-state index contributed by atoms with van der Waals surface area (Å²) in [5, 5.41) is 22.9. The molecule has 7 aliphatic rings. The van der Waals surface area contributed by atoms with Crippen LogP contribution in [0.5, 0.6) is 0 Å². The van der Waals surface area contributed by atoms with Crippen molar-refractivity contribution in [1.29, 1.82) is 0 Å². The van der Waals surface area contributed by atoms with E-state index in [0.29, 0.717) is 37.5 Å². The highest BCUT2D eigenvalue weighted by Gasteiger charge is 2.59. The number of ether oxygens (including phenoxy) is 4. The van der Waals surface area contributed by atoms with E-state index in [2.05, 4.69) is 40.3 Å². The molecule has 11 atom stereocenters.